The SMILES string of the molecule is CCCCCCc1ccc(-c2cc(-c3cccs3)nc(-c3ccc(-c4scc5c4OCCO5)s3)c2)s1. The Labute approximate surface area is 228 Å². The van der Waals surface area contributed by atoms with E-state index in [9.17, 15) is 0 Å². The number of pyridine rings is 1. The second-order valence-corrected chi connectivity index (χ2v) is 12.9. The highest BCUT2D eigenvalue weighted by Gasteiger charge is 2.21. The molecule has 0 aromatic carbocycles. The summed E-state index contributed by atoms with van der Waals surface area (Å²) in [5, 5.41) is 4.17. The van der Waals surface area contributed by atoms with Gasteiger partial charge in [-0.15, -0.1) is 45.3 Å². The van der Waals surface area contributed by atoms with Crippen LogP contribution in [-0.4, -0.2) is 18.2 Å². The number of nitrogens with zero attached hydrogens (tertiary/aromatic N) is 1. The quantitative estimate of drug-likeness (QED) is 0.171. The Hall–Kier alpha value is -2.45. The van der Waals surface area contributed by atoms with Gasteiger partial charge in [0, 0.05) is 20.0 Å². The summed E-state index contributed by atoms with van der Waals surface area (Å²) in [5.41, 5.74) is 3.30. The fraction of sp³-hybridized carbons (Fsp3) is 0.276. The Morgan fingerprint density at radius 1 is 0.806 bits per heavy atom. The third-order valence-electron chi connectivity index (χ3n) is 6.21. The molecule has 0 unspecified atom stereocenters. The van der Waals surface area contributed by atoms with Gasteiger partial charge in [0.1, 0.15) is 13.2 Å². The summed E-state index contributed by atoms with van der Waals surface area (Å²) in [6.45, 7) is 3.48. The van der Waals surface area contributed by atoms with Crippen molar-refractivity contribution in [2.45, 2.75) is 39.0 Å². The molecule has 0 N–H and O–H groups in total. The van der Waals surface area contributed by atoms with E-state index in [2.05, 4.69) is 60.8 Å². The van der Waals surface area contributed by atoms with Gasteiger partial charge in [0.15, 0.2) is 11.5 Å². The van der Waals surface area contributed by atoms with E-state index < -0.39 is 0 Å². The molecule has 1 aliphatic heterocycles. The summed E-state index contributed by atoms with van der Waals surface area (Å²) in [6, 6.07) is 17.7. The lowest BCUT2D eigenvalue weighted by Crippen LogP contribution is -2.14. The first kappa shape index (κ1) is 23.9. The largest absolute Gasteiger partial charge is 0.485 e. The minimum atomic E-state index is 0.601. The van der Waals surface area contributed by atoms with Crippen LogP contribution >= 0.6 is 45.3 Å². The van der Waals surface area contributed by atoms with Gasteiger partial charge in [-0.25, -0.2) is 4.98 Å². The Bertz CT molecular complexity index is 1440. The smallest absolute Gasteiger partial charge is 0.180 e. The molecule has 5 aromatic rings. The molecule has 0 amide bonds. The highest BCUT2D eigenvalue weighted by molar-refractivity contribution is 7.23. The van der Waals surface area contributed by atoms with Gasteiger partial charge in [0.05, 0.1) is 26.0 Å². The minimum absolute atomic E-state index is 0.601. The van der Waals surface area contributed by atoms with Crippen molar-refractivity contribution in [2.75, 3.05) is 13.2 Å². The molecule has 6 heterocycles. The zero-order chi connectivity index (χ0) is 24.3. The minimum Gasteiger partial charge on any atom is -0.485 e. The van der Waals surface area contributed by atoms with E-state index in [1.165, 1.54) is 62.1 Å². The lowest BCUT2D eigenvalue weighted by Gasteiger charge is -2.15. The van der Waals surface area contributed by atoms with Crippen molar-refractivity contribution in [1.82, 2.24) is 4.98 Å². The van der Waals surface area contributed by atoms with E-state index in [0.29, 0.717) is 13.2 Å². The Kier molecular flexibility index (Phi) is 7.23. The van der Waals surface area contributed by atoms with E-state index >= 15 is 0 Å². The maximum atomic E-state index is 5.93. The summed E-state index contributed by atoms with van der Waals surface area (Å²) >= 11 is 7.11. The molecule has 7 heteroatoms. The fourth-order valence-corrected chi connectivity index (χ4v) is 8.12. The number of thiophene rings is 4. The highest BCUT2D eigenvalue weighted by Crippen LogP contribution is 2.48. The average molecular weight is 550 g/mol. The van der Waals surface area contributed by atoms with Crippen molar-refractivity contribution in [3.05, 3.63) is 64.2 Å². The van der Waals surface area contributed by atoms with Crippen LogP contribution in [0.4, 0.5) is 0 Å². The Morgan fingerprint density at radius 2 is 1.64 bits per heavy atom. The summed E-state index contributed by atoms with van der Waals surface area (Å²) < 4.78 is 11.7. The number of ether oxygens (including phenoxy) is 2. The molecule has 0 bridgehead atoms. The van der Waals surface area contributed by atoms with Gasteiger partial charge in [-0.3, -0.25) is 0 Å². The second kappa shape index (κ2) is 10.9. The first-order valence-electron chi connectivity index (χ1n) is 12.4. The normalized spacial score (nSPS) is 12.8. The first-order chi connectivity index (χ1) is 17.8. The van der Waals surface area contributed by atoms with Gasteiger partial charge in [-0.05, 0) is 66.2 Å². The summed E-state index contributed by atoms with van der Waals surface area (Å²) in [6.07, 6.45) is 6.37. The van der Waals surface area contributed by atoms with Gasteiger partial charge in [-0.1, -0.05) is 32.3 Å². The summed E-state index contributed by atoms with van der Waals surface area (Å²) in [7, 11) is 0. The molecule has 0 atom stereocenters. The fourth-order valence-electron chi connectivity index (χ4n) is 4.37. The maximum Gasteiger partial charge on any atom is 0.180 e. The predicted molar refractivity (Wildman–Crippen MR) is 156 cm³/mol. The van der Waals surface area contributed by atoms with Crippen LogP contribution < -0.4 is 9.47 Å². The number of hydrogen-bond donors (Lipinski definition) is 0. The van der Waals surface area contributed by atoms with Crippen LogP contribution in [-0.2, 0) is 6.42 Å². The average Bonchev–Trinajstić information content (AvgIpc) is 3.73. The molecule has 3 nitrogen and oxygen atoms in total. The third-order valence-corrected chi connectivity index (χ3v) is 10.5. The number of rotatable bonds is 9. The molecular weight excluding hydrogens is 523 g/mol. The van der Waals surface area contributed by atoms with Gasteiger partial charge >= 0.3 is 0 Å². The van der Waals surface area contributed by atoms with E-state index in [-0.39, 0.29) is 0 Å². The van der Waals surface area contributed by atoms with Crippen LogP contribution in [0.5, 0.6) is 11.5 Å². The molecule has 0 fully saturated rings. The second-order valence-electron chi connectivity index (χ2n) is 8.80. The van der Waals surface area contributed by atoms with Crippen molar-refractivity contribution in [3.8, 4) is 52.8 Å². The zero-order valence-electron chi connectivity index (χ0n) is 20.1. The van der Waals surface area contributed by atoms with Crippen LogP contribution in [0.25, 0.3) is 41.3 Å². The summed E-state index contributed by atoms with van der Waals surface area (Å²) in [4.78, 5) is 12.6. The number of fused-ring (bicyclic) bond motifs is 1. The summed E-state index contributed by atoms with van der Waals surface area (Å²) in [5.74, 6) is 1.74. The molecule has 5 aromatic heterocycles. The van der Waals surface area contributed by atoms with Gasteiger partial charge in [0.25, 0.3) is 0 Å². The van der Waals surface area contributed by atoms with Gasteiger partial charge in [-0.2, -0.15) is 0 Å². The predicted octanol–water partition coefficient (Wildman–Crippen LogP) is 9.89. The molecule has 0 radical (unpaired) electrons. The van der Waals surface area contributed by atoms with Crippen LogP contribution in [0, 0.1) is 0 Å². The molecule has 36 heavy (non-hydrogen) atoms. The molecular formula is C29H27NO2S4. The van der Waals surface area contributed by atoms with Crippen LogP contribution in [0.3, 0.4) is 0 Å². The topological polar surface area (TPSA) is 31.4 Å². The van der Waals surface area contributed by atoms with E-state index in [4.69, 9.17) is 14.5 Å². The van der Waals surface area contributed by atoms with Crippen molar-refractivity contribution in [3.63, 3.8) is 0 Å². The Morgan fingerprint density at radius 3 is 2.50 bits per heavy atom. The van der Waals surface area contributed by atoms with Gasteiger partial charge in [0.2, 0.25) is 0 Å². The van der Waals surface area contributed by atoms with E-state index in [0.717, 1.165) is 27.8 Å². The number of aromatic nitrogens is 1. The number of hydrogen-bond acceptors (Lipinski definition) is 7. The van der Waals surface area contributed by atoms with Crippen LogP contribution in [0.1, 0.15) is 37.5 Å². The zero-order valence-corrected chi connectivity index (χ0v) is 23.4. The van der Waals surface area contributed by atoms with Crippen molar-refractivity contribution in [1.29, 1.82) is 0 Å². The lowest BCUT2D eigenvalue weighted by molar-refractivity contribution is 0.174. The third kappa shape index (κ3) is 5.02. The van der Waals surface area contributed by atoms with Gasteiger partial charge < -0.3 is 9.47 Å². The first-order valence-corrected chi connectivity index (χ1v) is 15.8. The van der Waals surface area contributed by atoms with Crippen molar-refractivity contribution >= 4 is 45.3 Å². The lowest BCUT2D eigenvalue weighted by atomic mass is 10.1. The van der Waals surface area contributed by atoms with Crippen LogP contribution in [0.2, 0.25) is 0 Å². The molecule has 6 rings (SSSR count). The van der Waals surface area contributed by atoms with Crippen LogP contribution in [0.15, 0.2) is 59.3 Å². The molecule has 0 saturated heterocycles. The molecule has 0 saturated carbocycles. The Balaban J connectivity index is 1.33. The van der Waals surface area contributed by atoms with Crippen molar-refractivity contribution < 1.29 is 9.47 Å². The monoisotopic (exact) mass is 549 g/mol. The van der Waals surface area contributed by atoms with Crippen molar-refractivity contribution in [2.24, 2.45) is 0 Å². The molecule has 1 aliphatic rings. The maximum absolute atomic E-state index is 5.93. The molecule has 184 valence electrons. The number of aryl methyl sites for hydroxylation is 1. The highest BCUT2D eigenvalue weighted by atomic mass is 32.1. The van der Waals surface area contributed by atoms with E-state index in [1.807, 2.05) is 16.7 Å². The standard InChI is InChI=1S/C29H27NO2S4/c1-2-3-4-5-7-20-9-10-24(35-20)19-16-21(25-8-6-15-33-25)30-22(17-19)26-11-12-27(36-26)29-28-23(18-34-29)31-13-14-32-28/h6,8-12,15-18H,2-5,7,13-14H2,1H3. The molecule has 0 aliphatic carbocycles. The molecule has 0 spiro atoms. The van der Waals surface area contributed by atoms with E-state index in [1.54, 1.807) is 34.0 Å². The number of unbranched alkanes of at least 4 members (excludes halogenated alkanes) is 3.